The maximum Gasteiger partial charge on any atom is 0.251 e. The van der Waals surface area contributed by atoms with Crippen LogP contribution in [0.15, 0.2) is 47.3 Å². The van der Waals surface area contributed by atoms with Crippen LogP contribution in [0, 0.1) is 12.7 Å². The number of nitrogens with zero attached hydrogens (tertiary/aromatic N) is 1. The number of benzene rings is 2. The fourth-order valence-corrected chi connectivity index (χ4v) is 2.82. The first kappa shape index (κ1) is 15.1. The van der Waals surface area contributed by atoms with Gasteiger partial charge in [0.1, 0.15) is 5.82 Å². The summed E-state index contributed by atoms with van der Waals surface area (Å²) >= 11 is 11.9. The number of pyridine rings is 1. The molecule has 0 saturated heterocycles. The monoisotopic (exact) mass is 335 g/mol. The van der Waals surface area contributed by atoms with Crippen LogP contribution in [0.1, 0.15) is 11.1 Å². The van der Waals surface area contributed by atoms with E-state index in [9.17, 15) is 9.18 Å². The molecule has 2 aromatic carbocycles. The van der Waals surface area contributed by atoms with Crippen molar-refractivity contribution in [3.63, 3.8) is 0 Å². The molecule has 0 N–H and O–H groups in total. The van der Waals surface area contributed by atoms with Crippen LogP contribution in [0.4, 0.5) is 4.39 Å². The Morgan fingerprint density at radius 3 is 2.55 bits per heavy atom. The number of aromatic nitrogens is 1. The fraction of sp³-hybridized carbons (Fsp3) is 0.118. The quantitative estimate of drug-likeness (QED) is 0.659. The number of hydrogen-bond donors (Lipinski definition) is 0. The number of halogens is 3. The van der Waals surface area contributed by atoms with E-state index in [-0.39, 0.29) is 11.4 Å². The molecule has 5 heteroatoms. The summed E-state index contributed by atoms with van der Waals surface area (Å²) in [5.74, 6) is -0.324. The first-order valence-corrected chi connectivity index (χ1v) is 7.45. The molecule has 0 radical (unpaired) electrons. The molecule has 0 spiro atoms. The van der Waals surface area contributed by atoms with Crippen molar-refractivity contribution in [2.45, 2.75) is 13.5 Å². The molecule has 0 unspecified atom stereocenters. The Bertz CT molecular complexity index is 934. The van der Waals surface area contributed by atoms with Crippen molar-refractivity contribution in [1.29, 1.82) is 0 Å². The molecule has 0 saturated carbocycles. The first-order valence-electron chi connectivity index (χ1n) is 6.69. The molecule has 3 rings (SSSR count). The lowest BCUT2D eigenvalue weighted by molar-refractivity contribution is 0.629. The molecule has 22 heavy (non-hydrogen) atoms. The van der Waals surface area contributed by atoms with Crippen LogP contribution >= 0.6 is 23.2 Å². The maximum atomic E-state index is 13.5. The van der Waals surface area contributed by atoms with Gasteiger partial charge in [-0.3, -0.25) is 4.79 Å². The lowest BCUT2D eigenvalue weighted by Gasteiger charge is -2.12. The number of aryl methyl sites for hydroxylation is 1. The highest BCUT2D eigenvalue weighted by Crippen LogP contribution is 2.24. The Labute approximate surface area is 136 Å². The second-order valence-corrected chi connectivity index (χ2v) is 5.98. The molecule has 0 aliphatic carbocycles. The Morgan fingerprint density at radius 2 is 1.82 bits per heavy atom. The van der Waals surface area contributed by atoms with Gasteiger partial charge in [0.05, 0.1) is 22.1 Å². The minimum Gasteiger partial charge on any atom is -0.304 e. The van der Waals surface area contributed by atoms with Crippen LogP contribution in [0.2, 0.25) is 10.0 Å². The standard InChI is InChI=1S/C17H12Cl2FNO/c1-10-6-17(22)21(16-5-3-12(20)8-13(10)16)9-11-2-4-14(18)15(19)7-11/h2-8H,9H2,1H3. The van der Waals surface area contributed by atoms with E-state index in [1.807, 2.05) is 6.07 Å². The van der Waals surface area contributed by atoms with Crippen molar-refractivity contribution in [2.24, 2.45) is 0 Å². The second-order valence-electron chi connectivity index (χ2n) is 5.16. The van der Waals surface area contributed by atoms with Gasteiger partial charge in [-0.1, -0.05) is 29.3 Å². The van der Waals surface area contributed by atoms with Gasteiger partial charge in [-0.2, -0.15) is 0 Å². The van der Waals surface area contributed by atoms with Crippen molar-refractivity contribution >= 4 is 34.1 Å². The molecule has 1 heterocycles. The van der Waals surface area contributed by atoms with Gasteiger partial charge in [0.2, 0.25) is 0 Å². The molecular weight excluding hydrogens is 324 g/mol. The molecule has 0 aliphatic heterocycles. The van der Waals surface area contributed by atoms with E-state index in [4.69, 9.17) is 23.2 Å². The van der Waals surface area contributed by atoms with Gasteiger partial charge < -0.3 is 4.57 Å². The van der Waals surface area contributed by atoms with Gasteiger partial charge >= 0.3 is 0 Å². The minimum atomic E-state index is -0.324. The fourth-order valence-electron chi connectivity index (χ4n) is 2.50. The molecule has 1 aromatic heterocycles. The average Bonchev–Trinajstić information content (AvgIpc) is 2.47. The number of fused-ring (bicyclic) bond motifs is 1. The summed E-state index contributed by atoms with van der Waals surface area (Å²) in [7, 11) is 0. The number of hydrogen-bond acceptors (Lipinski definition) is 1. The normalized spacial score (nSPS) is 11.1. The zero-order valence-corrected chi connectivity index (χ0v) is 13.2. The molecule has 0 amide bonds. The van der Waals surface area contributed by atoms with Crippen LogP contribution in [-0.2, 0) is 6.54 Å². The molecule has 0 fully saturated rings. The van der Waals surface area contributed by atoms with Crippen molar-refractivity contribution in [1.82, 2.24) is 4.57 Å². The Balaban J connectivity index is 2.18. The highest BCUT2D eigenvalue weighted by Gasteiger charge is 2.09. The predicted molar refractivity (Wildman–Crippen MR) is 88.5 cm³/mol. The summed E-state index contributed by atoms with van der Waals surface area (Å²) in [6.45, 7) is 2.14. The third kappa shape index (κ3) is 2.74. The van der Waals surface area contributed by atoms with Gasteiger partial charge in [0, 0.05) is 11.5 Å². The van der Waals surface area contributed by atoms with Gasteiger partial charge in [-0.25, -0.2) is 4.39 Å². The Hall–Kier alpha value is -1.84. The van der Waals surface area contributed by atoms with Crippen LogP contribution in [0.5, 0.6) is 0 Å². The van der Waals surface area contributed by atoms with Crippen molar-refractivity contribution in [3.05, 3.63) is 79.8 Å². The van der Waals surface area contributed by atoms with Gasteiger partial charge in [-0.15, -0.1) is 0 Å². The van der Waals surface area contributed by atoms with Crippen molar-refractivity contribution < 1.29 is 4.39 Å². The van der Waals surface area contributed by atoms with E-state index in [1.54, 1.807) is 29.7 Å². The lowest BCUT2D eigenvalue weighted by Crippen LogP contribution is -2.21. The highest BCUT2D eigenvalue weighted by atomic mass is 35.5. The molecule has 0 atom stereocenters. The van der Waals surface area contributed by atoms with Crippen LogP contribution < -0.4 is 5.56 Å². The largest absolute Gasteiger partial charge is 0.304 e. The van der Waals surface area contributed by atoms with Crippen molar-refractivity contribution in [2.75, 3.05) is 0 Å². The van der Waals surface area contributed by atoms with E-state index in [2.05, 4.69) is 0 Å². The summed E-state index contributed by atoms with van der Waals surface area (Å²) < 4.78 is 15.1. The van der Waals surface area contributed by atoms with E-state index in [1.165, 1.54) is 18.2 Å². The van der Waals surface area contributed by atoms with Gasteiger partial charge in [0.25, 0.3) is 5.56 Å². The molecular formula is C17H12Cl2FNO. The summed E-state index contributed by atoms with van der Waals surface area (Å²) in [4.78, 5) is 12.3. The van der Waals surface area contributed by atoms with E-state index in [0.29, 0.717) is 22.1 Å². The van der Waals surface area contributed by atoms with Gasteiger partial charge in [-0.05, 0) is 48.4 Å². The third-order valence-corrected chi connectivity index (χ3v) is 4.34. The number of rotatable bonds is 2. The third-order valence-electron chi connectivity index (χ3n) is 3.60. The zero-order chi connectivity index (χ0) is 15.9. The maximum absolute atomic E-state index is 13.5. The molecule has 0 bridgehead atoms. The smallest absolute Gasteiger partial charge is 0.251 e. The Morgan fingerprint density at radius 1 is 1.05 bits per heavy atom. The molecule has 2 nitrogen and oxygen atoms in total. The van der Waals surface area contributed by atoms with E-state index < -0.39 is 0 Å². The first-order chi connectivity index (χ1) is 10.5. The SMILES string of the molecule is Cc1cc(=O)n(Cc2ccc(Cl)c(Cl)c2)c2ccc(F)cc12. The zero-order valence-electron chi connectivity index (χ0n) is 11.7. The summed E-state index contributed by atoms with van der Waals surface area (Å²) in [5, 5.41) is 1.63. The average molecular weight is 336 g/mol. The van der Waals surface area contributed by atoms with Crippen LogP contribution in [0.3, 0.4) is 0 Å². The van der Waals surface area contributed by atoms with E-state index >= 15 is 0 Å². The summed E-state index contributed by atoms with van der Waals surface area (Å²) in [6.07, 6.45) is 0. The summed E-state index contributed by atoms with van der Waals surface area (Å²) in [6, 6.07) is 11.2. The molecule has 3 aromatic rings. The summed E-state index contributed by atoms with van der Waals surface area (Å²) in [5.41, 5.74) is 2.16. The van der Waals surface area contributed by atoms with E-state index in [0.717, 1.165) is 16.5 Å². The van der Waals surface area contributed by atoms with Crippen molar-refractivity contribution in [3.8, 4) is 0 Å². The van der Waals surface area contributed by atoms with Crippen LogP contribution in [0.25, 0.3) is 10.9 Å². The predicted octanol–water partition coefficient (Wildman–Crippen LogP) is 4.80. The minimum absolute atomic E-state index is 0.136. The topological polar surface area (TPSA) is 22.0 Å². The Kier molecular flexibility index (Phi) is 3.94. The molecule has 112 valence electrons. The molecule has 0 aliphatic rings. The van der Waals surface area contributed by atoms with Gasteiger partial charge in [0.15, 0.2) is 0 Å². The second kappa shape index (κ2) is 5.75. The van der Waals surface area contributed by atoms with Crippen LogP contribution in [-0.4, -0.2) is 4.57 Å². The highest BCUT2D eigenvalue weighted by molar-refractivity contribution is 6.42. The lowest BCUT2D eigenvalue weighted by atomic mass is 10.1.